The molecule has 43 heavy (non-hydrogen) atoms. The third-order valence-electron chi connectivity index (χ3n) is 7.08. The van der Waals surface area contributed by atoms with E-state index in [4.69, 9.17) is 0 Å². The Morgan fingerprint density at radius 1 is 0.721 bits per heavy atom. The van der Waals surface area contributed by atoms with Crippen molar-refractivity contribution in [2.45, 2.75) is 32.0 Å². The van der Waals surface area contributed by atoms with Gasteiger partial charge in [-0.25, -0.2) is 12.8 Å². The summed E-state index contributed by atoms with van der Waals surface area (Å²) in [6.07, 6.45) is 1.88. The van der Waals surface area contributed by atoms with Crippen LogP contribution < -0.4 is 5.32 Å². The number of hydrogen-bond acceptors (Lipinski definition) is 4. The van der Waals surface area contributed by atoms with E-state index in [0.29, 0.717) is 18.5 Å². The number of carbonyl (C=O) groups excluding carboxylic acids is 2. The molecule has 4 aromatic rings. The van der Waals surface area contributed by atoms with Crippen LogP contribution in [0.4, 0.5) is 4.39 Å². The van der Waals surface area contributed by atoms with Gasteiger partial charge < -0.3 is 10.2 Å². The molecule has 0 aromatic heterocycles. The van der Waals surface area contributed by atoms with Crippen LogP contribution in [0.5, 0.6) is 0 Å². The van der Waals surface area contributed by atoms with E-state index in [1.807, 2.05) is 66.7 Å². The monoisotopic (exact) mass is 601 g/mol. The van der Waals surface area contributed by atoms with Gasteiger partial charge in [0.25, 0.3) is 0 Å². The SMILES string of the molecule is CS(=O)(=O)N(CC(=O)N(Cc1ccc(F)cc1)C(Cc1ccccc1)C(=O)NCCc1ccccc1)Cc1ccccc1. The van der Waals surface area contributed by atoms with Crippen molar-refractivity contribution in [2.24, 2.45) is 0 Å². The largest absolute Gasteiger partial charge is 0.354 e. The number of hydrogen-bond donors (Lipinski definition) is 1. The first-order valence-electron chi connectivity index (χ1n) is 14.1. The number of sulfonamides is 1. The predicted molar refractivity (Wildman–Crippen MR) is 166 cm³/mol. The number of carbonyl (C=O) groups is 2. The Balaban J connectivity index is 1.64. The number of rotatable bonds is 14. The molecule has 0 saturated carbocycles. The van der Waals surface area contributed by atoms with Crippen LogP contribution in [0.1, 0.15) is 22.3 Å². The molecule has 1 atom stereocenters. The molecular weight excluding hydrogens is 565 g/mol. The second kappa shape index (κ2) is 15.2. The highest BCUT2D eigenvalue weighted by Crippen LogP contribution is 2.17. The number of amides is 2. The summed E-state index contributed by atoms with van der Waals surface area (Å²) < 4.78 is 40.4. The van der Waals surface area contributed by atoms with Crippen LogP contribution in [0.15, 0.2) is 115 Å². The van der Waals surface area contributed by atoms with E-state index in [2.05, 4.69) is 5.32 Å². The maximum Gasteiger partial charge on any atom is 0.243 e. The average molecular weight is 602 g/mol. The van der Waals surface area contributed by atoms with Crippen LogP contribution in [0, 0.1) is 5.82 Å². The topological polar surface area (TPSA) is 86.8 Å². The molecule has 2 amide bonds. The maximum atomic E-state index is 14.1. The highest BCUT2D eigenvalue weighted by Gasteiger charge is 2.32. The fourth-order valence-corrected chi connectivity index (χ4v) is 5.48. The zero-order chi connectivity index (χ0) is 30.7. The molecule has 9 heteroatoms. The van der Waals surface area contributed by atoms with Crippen molar-refractivity contribution in [1.82, 2.24) is 14.5 Å². The van der Waals surface area contributed by atoms with Gasteiger partial charge in [-0.05, 0) is 40.8 Å². The minimum Gasteiger partial charge on any atom is -0.354 e. The minimum absolute atomic E-state index is 0.00241. The predicted octanol–water partition coefficient (Wildman–Crippen LogP) is 4.59. The summed E-state index contributed by atoms with van der Waals surface area (Å²) in [5.74, 6) is -1.32. The first-order valence-corrected chi connectivity index (χ1v) is 15.9. The second-order valence-corrected chi connectivity index (χ2v) is 12.4. The lowest BCUT2D eigenvalue weighted by molar-refractivity contribution is -0.141. The lowest BCUT2D eigenvalue weighted by Crippen LogP contribution is -2.53. The van der Waals surface area contributed by atoms with Crippen LogP contribution in [0.2, 0.25) is 0 Å². The van der Waals surface area contributed by atoms with Crippen molar-refractivity contribution >= 4 is 21.8 Å². The van der Waals surface area contributed by atoms with Gasteiger partial charge in [0.05, 0.1) is 12.8 Å². The molecule has 0 aliphatic carbocycles. The normalized spacial score (nSPS) is 12.1. The van der Waals surface area contributed by atoms with Gasteiger partial charge in [-0.15, -0.1) is 0 Å². The van der Waals surface area contributed by atoms with Crippen LogP contribution in [-0.2, 0) is 45.5 Å². The lowest BCUT2D eigenvalue weighted by atomic mass is 10.0. The second-order valence-electron chi connectivity index (χ2n) is 10.4. The molecule has 4 rings (SSSR count). The van der Waals surface area contributed by atoms with Crippen molar-refractivity contribution in [2.75, 3.05) is 19.3 Å². The average Bonchev–Trinajstić information content (AvgIpc) is 3.00. The Hall–Kier alpha value is -4.34. The van der Waals surface area contributed by atoms with E-state index in [-0.39, 0.29) is 25.4 Å². The first-order chi connectivity index (χ1) is 20.7. The van der Waals surface area contributed by atoms with Crippen molar-refractivity contribution in [3.05, 3.63) is 143 Å². The molecule has 0 saturated heterocycles. The van der Waals surface area contributed by atoms with Crippen molar-refractivity contribution in [3.8, 4) is 0 Å². The summed E-state index contributed by atoms with van der Waals surface area (Å²) in [7, 11) is -3.78. The quantitative estimate of drug-likeness (QED) is 0.229. The van der Waals surface area contributed by atoms with Gasteiger partial charge in [-0.3, -0.25) is 9.59 Å². The highest BCUT2D eigenvalue weighted by atomic mass is 32.2. The summed E-state index contributed by atoms with van der Waals surface area (Å²) in [6.45, 7) is -0.109. The molecule has 4 aromatic carbocycles. The number of nitrogens with one attached hydrogen (secondary N) is 1. The van der Waals surface area contributed by atoms with E-state index in [9.17, 15) is 22.4 Å². The number of halogens is 1. The van der Waals surface area contributed by atoms with E-state index in [1.54, 1.807) is 36.4 Å². The van der Waals surface area contributed by atoms with Crippen LogP contribution in [0.25, 0.3) is 0 Å². The summed E-state index contributed by atoms with van der Waals surface area (Å²) in [5.41, 5.74) is 3.24. The van der Waals surface area contributed by atoms with Gasteiger partial charge in [-0.2, -0.15) is 4.31 Å². The fourth-order valence-electron chi connectivity index (χ4n) is 4.75. The molecule has 0 spiro atoms. The number of nitrogens with zero attached hydrogens (tertiary/aromatic N) is 2. The number of benzene rings is 4. The third kappa shape index (κ3) is 9.87. The summed E-state index contributed by atoms with van der Waals surface area (Å²) in [5, 5.41) is 2.98. The molecule has 7 nitrogen and oxygen atoms in total. The highest BCUT2D eigenvalue weighted by molar-refractivity contribution is 7.88. The summed E-state index contributed by atoms with van der Waals surface area (Å²) in [6, 6.07) is 32.8. The standard InChI is InChI=1S/C34H36FN3O4S/c1-43(41,42)37(24-29-15-9-4-10-16-29)26-33(39)38(25-30-17-19-31(35)20-18-30)32(23-28-13-7-3-8-14-28)34(40)36-22-21-27-11-5-2-6-12-27/h2-20,32H,21-26H2,1H3,(H,36,40). The Bertz CT molecular complexity index is 1570. The molecule has 1 unspecified atom stereocenters. The molecule has 0 radical (unpaired) electrons. The zero-order valence-corrected chi connectivity index (χ0v) is 24.9. The molecule has 0 aliphatic rings. The molecule has 1 N–H and O–H groups in total. The van der Waals surface area contributed by atoms with Gasteiger partial charge in [-0.1, -0.05) is 103 Å². The van der Waals surface area contributed by atoms with Gasteiger partial charge in [0.15, 0.2) is 0 Å². The summed E-state index contributed by atoms with van der Waals surface area (Å²) >= 11 is 0. The van der Waals surface area contributed by atoms with Gasteiger partial charge in [0.2, 0.25) is 21.8 Å². The van der Waals surface area contributed by atoms with Crippen LogP contribution >= 0.6 is 0 Å². The Kier molecular flexibility index (Phi) is 11.2. The van der Waals surface area contributed by atoms with E-state index in [0.717, 1.165) is 27.3 Å². The molecule has 0 bridgehead atoms. The smallest absolute Gasteiger partial charge is 0.243 e. The summed E-state index contributed by atoms with van der Waals surface area (Å²) in [4.78, 5) is 29.3. The van der Waals surface area contributed by atoms with Gasteiger partial charge in [0.1, 0.15) is 11.9 Å². The molecule has 0 aliphatic heterocycles. The first kappa shape index (κ1) is 31.6. The third-order valence-corrected chi connectivity index (χ3v) is 8.27. The van der Waals surface area contributed by atoms with Crippen molar-refractivity contribution < 1.29 is 22.4 Å². The maximum absolute atomic E-state index is 14.1. The fraction of sp³-hybridized carbons (Fsp3) is 0.235. The van der Waals surface area contributed by atoms with Crippen LogP contribution in [0.3, 0.4) is 0 Å². The van der Waals surface area contributed by atoms with Crippen molar-refractivity contribution in [1.29, 1.82) is 0 Å². The van der Waals surface area contributed by atoms with E-state index >= 15 is 0 Å². The minimum atomic E-state index is -3.78. The van der Waals surface area contributed by atoms with Gasteiger partial charge >= 0.3 is 0 Å². The van der Waals surface area contributed by atoms with Gasteiger partial charge in [0, 0.05) is 26.1 Å². The van der Waals surface area contributed by atoms with E-state index < -0.39 is 34.3 Å². The molecule has 0 heterocycles. The zero-order valence-electron chi connectivity index (χ0n) is 24.1. The molecule has 0 fully saturated rings. The Morgan fingerprint density at radius 3 is 1.79 bits per heavy atom. The Labute approximate surface area is 253 Å². The molecular formula is C34H36FN3O4S. The molecule has 224 valence electrons. The van der Waals surface area contributed by atoms with Crippen molar-refractivity contribution in [3.63, 3.8) is 0 Å². The van der Waals surface area contributed by atoms with Crippen LogP contribution in [-0.4, -0.2) is 54.8 Å². The lowest BCUT2D eigenvalue weighted by Gasteiger charge is -2.33. The Morgan fingerprint density at radius 2 is 1.23 bits per heavy atom. The van der Waals surface area contributed by atoms with E-state index in [1.165, 1.54) is 17.0 Å².